The summed E-state index contributed by atoms with van der Waals surface area (Å²) >= 11 is 0. The third-order valence-corrected chi connectivity index (χ3v) is 4.69. The van der Waals surface area contributed by atoms with Crippen molar-refractivity contribution < 1.29 is 9.59 Å². The second kappa shape index (κ2) is 5.95. The molecule has 0 aromatic heterocycles. The highest BCUT2D eigenvalue weighted by molar-refractivity contribution is 6.05. The van der Waals surface area contributed by atoms with Gasteiger partial charge >= 0.3 is 0 Å². The van der Waals surface area contributed by atoms with Crippen LogP contribution in [0.3, 0.4) is 0 Å². The molecule has 3 unspecified atom stereocenters. The van der Waals surface area contributed by atoms with Gasteiger partial charge in [-0.2, -0.15) is 0 Å². The van der Waals surface area contributed by atoms with Gasteiger partial charge in [-0.05, 0) is 44.0 Å². The fourth-order valence-electron chi connectivity index (χ4n) is 3.48. The SMILES string of the molecule is CC1C2CNCC2CN1CC(=O)NC(=O)c1ccccc1. The van der Waals surface area contributed by atoms with Crippen LogP contribution in [-0.2, 0) is 4.79 Å². The van der Waals surface area contributed by atoms with Crippen molar-refractivity contribution in [3.8, 4) is 0 Å². The molecular weight excluding hydrogens is 266 g/mol. The van der Waals surface area contributed by atoms with Crippen LogP contribution in [-0.4, -0.2) is 48.9 Å². The van der Waals surface area contributed by atoms with Gasteiger partial charge in [0.25, 0.3) is 5.91 Å². The summed E-state index contributed by atoms with van der Waals surface area (Å²) in [5, 5.41) is 5.88. The van der Waals surface area contributed by atoms with E-state index in [2.05, 4.69) is 22.5 Å². The van der Waals surface area contributed by atoms with E-state index in [1.807, 2.05) is 6.07 Å². The second-order valence-corrected chi connectivity index (χ2v) is 6.00. The maximum absolute atomic E-state index is 12.1. The van der Waals surface area contributed by atoms with Crippen molar-refractivity contribution in [2.75, 3.05) is 26.2 Å². The van der Waals surface area contributed by atoms with Crippen molar-refractivity contribution in [2.24, 2.45) is 11.8 Å². The Kier molecular flexibility index (Phi) is 4.03. The molecule has 0 aliphatic carbocycles. The number of likely N-dealkylation sites (tertiary alicyclic amines) is 1. The van der Waals surface area contributed by atoms with Crippen LogP contribution in [0.25, 0.3) is 0 Å². The highest BCUT2D eigenvalue weighted by Crippen LogP contribution is 2.31. The summed E-state index contributed by atoms with van der Waals surface area (Å²) in [5.74, 6) is 0.721. The zero-order chi connectivity index (χ0) is 14.8. The molecule has 1 aromatic rings. The van der Waals surface area contributed by atoms with Crippen molar-refractivity contribution in [1.82, 2.24) is 15.5 Å². The van der Waals surface area contributed by atoms with Gasteiger partial charge in [0.1, 0.15) is 0 Å². The van der Waals surface area contributed by atoms with Gasteiger partial charge < -0.3 is 5.32 Å². The van der Waals surface area contributed by atoms with E-state index in [1.54, 1.807) is 24.3 Å². The van der Waals surface area contributed by atoms with Gasteiger partial charge in [0.15, 0.2) is 0 Å². The summed E-state index contributed by atoms with van der Waals surface area (Å²) in [6, 6.07) is 9.22. The number of benzene rings is 1. The molecule has 2 heterocycles. The fraction of sp³-hybridized carbons (Fsp3) is 0.500. The van der Waals surface area contributed by atoms with E-state index in [-0.39, 0.29) is 11.8 Å². The van der Waals surface area contributed by atoms with Crippen LogP contribution >= 0.6 is 0 Å². The van der Waals surface area contributed by atoms with Crippen LogP contribution in [0.2, 0.25) is 0 Å². The van der Waals surface area contributed by atoms with E-state index < -0.39 is 0 Å². The van der Waals surface area contributed by atoms with Crippen molar-refractivity contribution in [1.29, 1.82) is 0 Å². The number of amides is 2. The Hall–Kier alpha value is -1.72. The molecule has 5 nitrogen and oxygen atoms in total. The number of hydrogen-bond acceptors (Lipinski definition) is 4. The molecule has 0 radical (unpaired) electrons. The minimum absolute atomic E-state index is 0.219. The molecule has 0 bridgehead atoms. The summed E-state index contributed by atoms with van der Waals surface area (Å²) in [7, 11) is 0. The van der Waals surface area contributed by atoms with Gasteiger partial charge in [-0.15, -0.1) is 0 Å². The molecule has 2 aliphatic rings. The molecular formula is C16H21N3O2. The molecule has 0 spiro atoms. The minimum atomic E-state index is -0.325. The van der Waals surface area contributed by atoms with Gasteiger partial charge in [0, 0.05) is 18.2 Å². The van der Waals surface area contributed by atoms with Crippen LogP contribution in [0.5, 0.6) is 0 Å². The quantitative estimate of drug-likeness (QED) is 0.849. The maximum atomic E-state index is 12.1. The smallest absolute Gasteiger partial charge is 0.257 e. The van der Waals surface area contributed by atoms with Crippen LogP contribution in [0.4, 0.5) is 0 Å². The number of nitrogens with zero attached hydrogens (tertiary/aromatic N) is 1. The van der Waals surface area contributed by atoms with Gasteiger partial charge in [0.05, 0.1) is 6.54 Å². The van der Waals surface area contributed by atoms with Crippen LogP contribution in [0.1, 0.15) is 17.3 Å². The van der Waals surface area contributed by atoms with E-state index >= 15 is 0 Å². The second-order valence-electron chi connectivity index (χ2n) is 6.00. The lowest BCUT2D eigenvalue weighted by Gasteiger charge is -2.23. The van der Waals surface area contributed by atoms with Gasteiger partial charge in [-0.1, -0.05) is 18.2 Å². The first-order chi connectivity index (χ1) is 10.1. The average molecular weight is 287 g/mol. The lowest BCUT2D eigenvalue weighted by atomic mass is 9.95. The summed E-state index contributed by atoms with van der Waals surface area (Å²) in [5.41, 5.74) is 0.515. The first-order valence-electron chi connectivity index (χ1n) is 7.49. The Labute approximate surface area is 124 Å². The zero-order valence-corrected chi connectivity index (χ0v) is 12.2. The summed E-state index contributed by atoms with van der Waals surface area (Å²) in [6.45, 7) is 5.48. The predicted octanol–water partition coefficient (Wildman–Crippen LogP) is 0.483. The third kappa shape index (κ3) is 2.99. The molecule has 2 amide bonds. The molecule has 2 aliphatic heterocycles. The Balaban J connectivity index is 1.54. The van der Waals surface area contributed by atoms with Gasteiger partial charge in [-0.3, -0.25) is 19.8 Å². The molecule has 112 valence electrons. The monoisotopic (exact) mass is 287 g/mol. The average Bonchev–Trinajstić information content (AvgIpc) is 3.04. The molecule has 3 atom stereocenters. The highest BCUT2D eigenvalue weighted by Gasteiger charge is 2.42. The summed E-state index contributed by atoms with van der Waals surface area (Å²) in [6.07, 6.45) is 0. The molecule has 2 fully saturated rings. The molecule has 0 saturated carbocycles. The number of fused-ring (bicyclic) bond motifs is 1. The summed E-state index contributed by atoms with van der Waals surface area (Å²) in [4.78, 5) is 26.2. The Morgan fingerprint density at radius 3 is 2.76 bits per heavy atom. The maximum Gasteiger partial charge on any atom is 0.257 e. The Morgan fingerprint density at radius 2 is 2.05 bits per heavy atom. The molecule has 2 N–H and O–H groups in total. The van der Waals surface area contributed by atoms with E-state index in [4.69, 9.17) is 0 Å². The molecule has 21 heavy (non-hydrogen) atoms. The van der Waals surface area contributed by atoms with Crippen molar-refractivity contribution in [3.63, 3.8) is 0 Å². The first kappa shape index (κ1) is 14.2. The van der Waals surface area contributed by atoms with E-state index in [9.17, 15) is 9.59 Å². The number of imide groups is 1. The zero-order valence-electron chi connectivity index (χ0n) is 12.2. The minimum Gasteiger partial charge on any atom is -0.316 e. The number of carbonyl (C=O) groups is 2. The fourth-order valence-corrected chi connectivity index (χ4v) is 3.48. The number of nitrogens with one attached hydrogen (secondary N) is 2. The molecule has 1 aromatic carbocycles. The van der Waals surface area contributed by atoms with E-state index in [1.165, 1.54) is 0 Å². The van der Waals surface area contributed by atoms with Crippen LogP contribution in [0, 0.1) is 11.8 Å². The predicted molar refractivity (Wildman–Crippen MR) is 79.8 cm³/mol. The van der Waals surface area contributed by atoms with Crippen molar-refractivity contribution in [3.05, 3.63) is 35.9 Å². The number of hydrogen-bond donors (Lipinski definition) is 2. The lowest BCUT2D eigenvalue weighted by Crippen LogP contribution is -2.43. The molecule has 2 saturated heterocycles. The molecule has 3 rings (SSSR count). The highest BCUT2D eigenvalue weighted by atomic mass is 16.2. The number of rotatable bonds is 3. The largest absolute Gasteiger partial charge is 0.316 e. The normalized spacial score (nSPS) is 28.3. The third-order valence-electron chi connectivity index (χ3n) is 4.69. The topological polar surface area (TPSA) is 61.4 Å². The lowest BCUT2D eigenvalue weighted by molar-refractivity contribution is -0.121. The van der Waals surface area contributed by atoms with Gasteiger partial charge in [0.2, 0.25) is 5.91 Å². The Morgan fingerprint density at radius 1 is 1.29 bits per heavy atom. The van der Waals surface area contributed by atoms with Crippen molar-refractivity contribution >= 4 is 11.8 Å². The van der Waals surface area contributed by atoms with Gasteiger partial charge in [-0.25, -0.2) is 0 Å². The van der Waals surface area contributed by atoms with E-state index in [0.29, 0.717) is 30.0 Å². The van der Waals surface area contributed by atoms with Crippen LogP contribution in [0.15, 0.2) is 30.3 Å². The summed E-state index contributed by atoms with van der Waals surface area (Å²) < 4.78 is 0. The molecule has 5 heteroatoms. The van der Waals surface area contributed by atoms with Crippen LogP contribution < -0.4 is 10.6 Å². The Bertz CT molecular complexity index is 532. The number of carbonyl (C=O) groups excluding carboxylic acids is 2. The first-order valence-corrected chi connectivity index (χ1v) is 7.49. The standard InChI is InChI=1S/C16H21N3O2/c1-11-14-8-17-7-13(14)9-19(11)10-15(20)18-16(21)12-5-3-2-4-6-12/h2-6,11,13-14,17H,7-10H2,1H3,(H,18,20,21). The van der Waals surface area contributed by atoms with Crippen molar-refractivity contribution in [2.45, 2.75) is 13.0 Å². The van der Waals surface area contributed by atoms with E-state index in [0.717, 1.165) is 19.6 Å².